The third-order valence-electron chi connectivity index (χ3n) is 5.13. The monoisotopic (exact) mass is 377 g/mol. The second-order valence-electron chi connectivity index (χ2n) is 7.11. The Labute approximate surface area is 153 Å². The number of fused-ring (bicyclic) bond motifs is 1. The Hall–Kier alpha value is -2.64. The van der Waals surface area contributed by atoms with Gasteiger partial charge in [-0.25, -0.2) is 14.8 Å². The van der Waals surface area contributed by atoms with Gasteiger partial charge in [0.25, 0.3) is 0 Å². The van der Waals surface area contributed by atoms with E-state index in [1.165, 1.54) is 12.1 Å². The predicted octanol–water partition coefficient (Wildman–Crippen LogP) is 3.94. The molecule has 0 saturated heterocycles. The van der Waals surface area contributed by atoms with E-state index in [-0.39, 0.29) is 18.2 Å². The van der Waals surface area contributed by atoms with Gasteiger partial charge in [0.05, 0.1) is 5.56 Å². The van der Waals surface area contributed by atoms with Gasteiger partial charge in [-0.05, 0) is 49.4 Å². The van der Waals surface area contributed by atoms with Crippen molar-refractivity contribution in [2.75, 3.05) is 11.4 Å². The fourth-order valence-corrected chi connectivity index (χ4v) is 3.48. The molecule has 0 unspecified atom stereocenters. The highest BCUT2D eigenvalue weighted by molar-refractivity contribution is 5.88. The van der Waals surface area contributed by atoms with Crippen molar-refractivity contribution in [3.05, 3.63) is 52.0 Å². The first-order valence-electron chi connectivity index (χ1n) is 8.80. The van der Waals surface area contributed by atoms with Crippen LogP contribution in [0.1, 0.15) is 57.3 Å². The highest BCUT2D eigenvalue weighted by Crippen LogP contribution is 2.40. The van der Waals surface area contributed by atoms with Gasteiger partial charge in [-0.15, -0.1) is 0 Å². The SMILES string of the molecule is Cc1c(C(=O)O)nc(C2CC2)nc1N1CCc2ccc(C(F)(F)F)cc2C1. The summed E-state index contributed by atoms with van der Waals surface area (Å²) in [5.74, 6) is 0.0846. The molecule has 8 heteroatoms. The van der Waals surface area contributed by atoms with Crippen LogP contribution in [0.4, 0.5) is 19.0 Å². The predicted molar refractivity (Wildman–Crippen MR) is 91.9 cm³/mol. The third kappa shape index (κ3) is 3.36. The molecular weight excluding hydrogens is 359 g/mol. The molecule has 0 spiro atoms. The molecule has 0 bridgehead atoms. The maximum Gasteiger partial charge on any atom is 0.416 e. The lowest BCUT2D eigenvalue weighted by atomic mass is 9.97. The quantitative estimate of drug-likeness (QED) is 0.878. The summed E-state index contributed by atoms with van der Waals surface area (Å²) in [4.78, 5) is 22.2. The summed E-state index contributed by atoms with van der Waals surface area (Å²) in [6.45, 7) is 2.48. The van der Waals surface area contributed by atoms with Crippen molar-refractivity contribution in [3.63, 3.8) is 0 Å². The second kappa shape index (κ2) is 6.21. The molecule has 0 radical (unpaired) electrons. The molecule has 1 aliphatic heterocycles. The number of aromatic nitrogens is 2. The van der Waals surface area contributed by atoms with Crippen LogP contribution in [0.5, 0.6) is 0 Å². The van der Waals surface area contributed by atoms with Crippen LogP contribution in [0.2, 0.25) is 0 Å². The number of hydrogen-bond acceptors (Lipinski definition) is 4. The number of aromatic carboxylic acids is 1. The Balaban J connectivity index is 1.72. The van der Waals surface area contributed by atoms with E-state index >= 15 is 0 Å². The molecule has 0 amide bonds. The summed E-state index contributed by atoms with van der Waals surface area (Å²) < 4.78 is 39.1. The molecule has 1 aromatic heterocycles. The molecule has 27 heavy (non-hydrogen) atoms. The number of benzene rings is 1. The first-order valence-corrected chi connectivity index (χ1v) is 8.80. The molecule has 1 saturated carbocycles. The largest absolute Gasteiger partial charge is 0.476 e. The van der Waals surface area contributed by atoms with Crippen LogP contribution < -0.4 is 4.90 Å². The van der Waals surface area contributed by atoms with Crippen LogP contribution in [0, 0.1) is 6.92 Å². The minimum atomic E-state index is -4.39. The van der Waals surface area contributed by atoms with E-state index in [4.69, 9.17) is 0 Å². The fraction of sp³-hybridized carbons (Fsp3) is 0.421. The number of carbonyl (C=O) groups is 1. The molecule has 4 rings (SSSR count). The third-order valence-corrected chi connectivity index (χ3v) is 5.13. The van der Waals surface area contributed by atoms with Gasteiger partial charge in [-0.3, -0.25) is 0 Å². The Morgan fingerprint density at radius 2 is 1.96 bits per heavy atom. The van der Waals surface area contributed by atoms with E-state index in [9.17, 15) is 23.1 Å². The normalized spacial score (nSPS) is 17.0. The fourth-order valence-electron chi connectivity index (χ4n) is 3.48. The van der Waals surface area contributed by atoms with E-state index < -0.39 is 17.7 Å². The molecule has 1 aromatic carbocycles. The molecule has 2 heterocycles. The van der Waals surface area contributed by atoms with Crippen molar-refractivity contribution in [2.24, 2.45) is 0 Å². The van der Waals surface area contributed by atoms with Gasteiger partial charge in [0.1, 0.15) is 11.6 Å². The van der Waals surface area contributed by atoms with Crippen LogP contribution in [0.15, 0.2) is 18.2 Å². The molecule has 1 N–H and O–H groups in total. The lowest BCUT2D eigenvalue weighted by Gasteiger charge is -2.31. The average Bonchev–Trinajstić information content (AvgIpc) is 3.45. The van der Waals surface area contributed by atoms with Crippen molar-refractivity contribution in [1.29, 1.82) is 0 Å². The molecular formula is C19H18F3N3O2. The van der Waals surface area contributed by atoms with Gasteiger partial charge in [0.15, 0.2) is 5.69 Å². The standard InChI is InChI=1S/C19H18F3N3O2/c1-10-15(18(26)27)23-16(12-2-3-12)24-17(10)25-7-6-11-4-5-14(19(20,21)22)8-13(11)9-25/h4-5,8,12H,2-3,6-7,9H2,1H3,(H,26,27). The number of carboxylic acid groups (broad SMARTS) is 1. The minimum Gasteiger partial charge on any atom is -0.476 e. The number of rotatable bonds is 3. The minimum absolute atomic E-state index is 0.0308. The summed E-state index contributed by atoms with van der Waals surface area (Å²) in [7, 11) is 0. The first kappa shape index (κ1) is 17.8. The number of carboxylic acids is 1. The van der Waals surface area contributed by atoms with Gasteiger partial charge >= 0.3 is 12.1 Å². The Morgan fingerprint density at radius 3 is 2.59 bits per heavy atom. The smallest absolute Gasteiger partial charge is 0.416 e. The lowest BCUT2D eigenvalue weighted by Crippen LogP contribution is -2.33. The van der Waals surface area contributed by atoms with Crippen molar-refractivity contribution in [1.82, 2.24) is 9.97 Å². The number of hydrogen-bond donors (Lipinski definition) is 1. The summed E-state index contributed by atoms with van der Waals surface area (Å²) >= 11 is 0. The van der Waals surface area contributed by atoms with Gasteiger partial charge in [-0.1, -0.05) is 6.07 Å². The molecule has 1 aliphatic carbocycles. The average molecular weight is 377 g/mol. The molecule has 142 valence electrons. The van der Waals surface area contributed by atoms with Crippen LogP contribution in [-0.2, 0) is 19.1 Å². The number of alkyl halides is 3. The molecule has 2 aromatic rings. The van der Waals surface area contributed by atoms with Crippen molar-refractivity contribution >= 4 is 11.8 Å². The zero-order chi connectivity index (χ0) is 19.3. The molecule has 5 nitrogen and oxygen atoms in total. The van der Waals surface area contributed by atoms with E-state index in [2.05, 4.69) is 9.97 Å². The topological polar surface area (TPSA) is 66.3 Å². The summed E-state index contributed by atoms with van der Waals surface area (Å²) in [5, 5.41) is 9.47. The van der Waals surface area contributed by atoms with Crippen molar-refractivity contribution in [3.8, 4) is 0 Å². The van der Waals surface area contributed by atoms with Crippen LogP contribution in [-0.4, -0.2) is 27.6 Å². The summed E-state index contributed by atoms with van der Waals surface area (Å²) in [6, 6.07) is 3.82. The Bertz CT molecular complexity index is 923. The van der Waals surface area contributed by atoms with Crippen molar-refractivity contribution in [2.45, 2.75) is 44.8 Å². The maximum atomic E-state index is 13.0. The van der Waals surface area contributed by atoms with Crippen LogP contribution >= 0.6 is 0 Å². The van der Waals surface area contributed by atoms with E-state index in [1.807, 2.05) is 4.90 Å². The van der Waals surface area contributed by atoms with E-state index in [1.54, 1.807) is 6.92 Å². The molecule has 2 aliphatic rings. The van der Waals surface area contributed by atoms with Crippen molar-refractivity contribution < 1.29 is 23.1 Å². The first-order chi connectivity index (χ1) is 12.7. The summed E-state index contributed by atoms with van der Waals surface area (Å²) in [5.41, 5.74) is 1.22. The van der Waals surface area contributed by atoms with Gasteiger partial charge in [0.2, 0.25) is 0 Å². The zero-order valence-electron chi connectivity index (χ0n) is 14.7. The summed E-state index contributed by atoms with van der Waals surface area (Å²) in [6.07, 6.45) is -1.95. The van der Waals surface area contributed by atoms with E-state index in [0.717, 1.165) is 24.5 Å². The molecule has 0 atom stereocenters. The number of anilines is 1. The highest BCUT2D eigenvalue weighted by Gasteiger charge is 2.33. The number of nitrogens with zero attached hydrogens (tertiary/aromatic N) is 3. The second-order valence-corrected chi connectivity index (χ2v) is 7.11. The zero-order valence-corrected chi connectivity index (χ0v) is 14.7. The van der Waals surface area contributed by atoms with Gasteiger partial charge in [-0.2, -0.15) is 13.2 Å². The maximum absolute atomic E-state index is 13.0. The molecule has 1 fully saturated rings. The van der Waals surface area contributed by atoms with E-state index in [0.29, 0.717) is 35.7 Å². The Kier molecular flexibility index (Phi) is 4.09. The Morgan fingerprint density at radius 1 is 1.22 bits per heavy atom. The van der Waals surface area contributed by atoms with Gasteiger partial charge < -0.3 is 10.0 Å². The van der Waals surface area contributed by atoms with Crippen LogP contribution in [0.3, 0.4) is 0 Å². The number of halogens is 3. The lowest BCUT2D eigenvalue weighted by molar-refractivity contribution is -0.137. The van der Waals surface area contributed by atoms with Gasteiger partial charge in [0, 0.05) is 24.6 Å². The van der Waals surface area contributed by atoms with Crippen LogP contribution in [0.25, 0.3) is 0 Å². The highest BCUT2D eigenvalue weighted by atomic mass is 19.4.